The van der Waals surface area contributed by atoms with Gasteiger partial charge in [0.05, 0.1) is 6.61 Å². The molecule has 0 saturated heterocycles. The second-order valence-electron chi connectivity index (χ2n) is 2.65. The fourth-order valence-electron chi connectivity index (χ4n) is 0.885. The maximum atomic E-state index is 11.0. The SMILES string of the molecule is CCOC(=O)NC(=S)Nc1cccc(Br)n1. The molecule has 0 saturated carbocycles. The van der Waals surface area contributed by atoms with Crippen molar-refractivity contribution in [1.29, 1.82) is 0 Å². The number of amides is 1. The summed E-state index contributed by atoms with van der Waals surface area (Å²) >= 11 is 8.11. The van der Waals surface area contributed by atoms with Crippen LogP contribution in [0.2, 0.25) is 0 Å². The number of carbonyl (C=O) groups excluding carboxylic acids is 1. The Hall–Kier alpha value is -1.21. The third-order valence-corrected chi connectivity index (χ3v) is 2.09. The average molecular weight is 304 g/mol. The van der Waals surface area contributed by atoms with E-state index in [1.807, 2.05) is 0 Å². The lowest BCUT2D eigenvalue weighted by atomic mass is 10.5. The van der Waals surface area contributed by atoms with Crippen LogP contribution in [-0.2, 0) is 4.74 Å². The highest BCUT2D eigenvalue weighted by Gasteiger charge is 2.04. The number of pyridine rings is 1. The molecule has 16 heavy (non-hydrogen) atoms. The summed E-state index contributed by atoms with van der Waals surface area (Å²) in [6, 6.07) is 5.31. The highest BCUT2D eigenvalue weighted by molar-refractivity contribution is 9.10. The van der Waals surface area contributed by atoms with Crippen LogP contribution >= 0.6 is 28.1 Å². The molecule has 86 valence electrons. The van der Waals surface area contributed by atoms with Gasteiger partial charge in [0.15, 0.2) is 5.11 Å². The number of hydrogen-bond acceptors (Lipinski definition) is 4. The molecule has 5 nitrogen and oxygen atoms in total. The summed E-state index contributed by atoms with van der Waals surface area (Å²) in [7, 11) is 0. The van der Waals surface area contributed by atoms with Gasteiger partial charge in [-0.25, -0.2) is 9.78 Å². The minimum Gasteiger partial charge on any atom is -0.450 e. The van der Waals surface area contributed by atoms with Crippen LogP contribution in [0.1, 0.15) is 6.92 Å². The quantitative estimate of drug-likeness (QED) is 0.648. The van der Waals surface area contributed by atoms with Crippen molar-refractivity contribution in [3.05, 3.63) is 22.8 Å². The molecule has 0 atom stereocenters. The smallest absolute Gasteiger partial charge is 0.413 e. The Morgan fingerprint density at radius 3 is 3.00 bits per heavy atom. The molecule has 0 radical (unpaired) electrons. The molecule has 7 heteroatoms. The van der Waals surface area contributed by atoms with Crippen molar-refractivity contribution < 1.29 is 9.53 Å². The Balaban J connectivity index is 2.48. The largest absolute Gasteiger partial charge is 0.450 e. The fourth-order valence-corrected chi connectivity index (χ4v) is 1.42. The average Bonchev–Trinajstić information content (AvgIpc) is 2.17. The van der Waals surface area contributed by atoms with Crippen LogP contribution in [0.3, 0.4) is 0 Å². The molecule has 0 unspecified atom stereocenters. The monoisotopic (exact) mass is 303 g/mol. The number of alkyl carbamates (subject to hydrolysis) is 1. The van der Waals surface area contributed by atoms with Crippen molar-refractivity contribution in [1.82, 2.24) is 10.3 Å². The zero-order valence-corrected chi connectivity index (χ0v) is 10.9. The van der Waals surface area contributed by atoms with Gasteiger partial charge in [-0.3, -0.25) is 5.32 Å². The summed E-state index contributed by atoms with van der Waals surface area (Å²) < 4.78 is 5.34. The van der Waals surface area contributed by atoms with Crippen LogP contribution in [0.5, 0.6) is 0 Å². The number of nitrogens with one attached hydrogen (secondary N) is 2. The predicted molar refractivity (Wildman–Crippen MR) is 68.3 cm³/mol. The van der Waals surface area contributed by atoms with Crippen LogP contribution in [-0.4, -0.2) is 22.8 Å². The van der Waals surface area contributed by atoms with Crippen molar-refractivity contribution in [2.24, 2.45) is 0 Å². The maximum Gasteiger partial charge on any atom is 0.413 e. The van der Waals surface area contributed by atoms with Crippen LogP contribution in [0, 0.1) is 0 Å². The van der Waals surface area contributed by atoms with Gasteiger partial charge in [0.2, 0.25) is 0 Å². The Bertz CT molecular complexity index is 400. The first kappa shape index (κ1) is 12.9. The molecular formula is C9H10BrN3O2S. The summed E-state index contributed by atoms with van der Waals surface area (Å²) in [5.74, 6) is 0.538. The van der Waals surface area contributed by atoms with E-state index in [1.165, 1.54) is 0 Å². The molecule has 0 aliphatic heterocycles. The number of thiocarbonyl (C=S) groups is 1. The van der Waals surface area contributed by atoms with Gasteiger partial charge in [-0.2, -0.15) is 0 Å². The van der Waals surface area contributed by atoms with E-state index >= 15 is 0 Å². The second-order valence-corrected chi connectivity index (χ2v) is 3.87. The molecule has 0 spiro atoms. The van der Waals surface area contributed by atoms with E-state index in [-0.39, 0.29) is 5.11 Å². The minimum absolute atomic E-state index is 0.143. The molecule has 1 amide bonds. The summed E-state index contributed by atoms with van der Waals surface area (Å²) in [4.78, 5) is 15.1. The molecular weight excluding hydrogens is 294 g/mol. The lowest BCUT2D eigenvalue weighted by Crippen LogP contribution is -2.34. The Kier molecular flexibility index (Phi) is 5.13. The van der Waals surface area contributed by atoms with Gasteiger partial charge in [-0.1, -0.05) is 6.07 Å². The minimum atomic E-state index is -0.588. The van der Waals surface area contributed by atoms with Crippen LogP contribution in [0.4, 0.5) is 10.6 Å². The number of anilines is 1. The standard InChI is InChI=1S/C9H10BrN3O2S/c1-2-15-9(14)13-8(16)12-7-5-3-4-6(10)11-7/h3-5H,2H2,1H3,(H2,11,12,13,14,16). The van der Waals surface area contributed by atoms with Gasteiger partial charge in [0, 0.05) is 0 Å². The lowest BCUT2D eigenvalue weighted by molar-refractivity contribution is 0.158. The van der Waals surface area contributed by atoms with Gasteiger partial charge in [0.1, 0.15) is 10.4 Å². The van der Waals surface area contributed by atoms with Crippen molar-refractivity contribution in [3.8, 4) is 0 Å². The summed E-state index contributed by atoms with van der Waals surface area (Å²) in [5, 5.41) is 5.25. The third-order valence-electron chi connectivity index (χ3n) is 1.45. The first-order chi connectivity index (χ1) is 7.61. The molecule has 1 aromatic rings. The van der Waals surface area contributed by atoms with Gasteiger partial charge in [0.25, 0.3) is 0 Å². The maximum absolute atomic E-state index is 11.0. The fraction of sp³-hybridized carbons (Fsp3) is 0.222. The molecule has 0 fully saturated rings. The topological polar surface area (TPSA) is 63.2 Å². The number of ether oxygens (including phenoxy) is 1. The molecule has 2 N–H and O–H groups in total. The van der Waals surface area contributed by atoms with E-state index in [1.54, 1.807) is 25.1 Å². The van der Waals surface area contributed by atoms with Crippen LogP contribution < -0.4 is 10.6 Å². The number of rotatable bonds is 2. The summed E-state index contributed by atoms with van der Waals surface area (Å²) in [6.07, 6.45) is -0.588. The predicted octanol–water partition coefficient (Wildman–Crippen LogP) is 2.29. The van der Waals surface area contributed by atoms with Gasteiger partial charge in [-0.05, 0) is 47.2 Å². The summed E-state index contributed by atoms with van der Waals surface area (Å²) in [6.45, 7) is 2.01. The number of hydrogen-bond donors (Lipinski definition) is 2. The molecule has 1 heterocycles. The van der Waals surface area contributed by atoms with E-state index in [2.05, 4.69) is 36.3 Å². The van der Waals surface area contributed by atoms with Gasteiger partial charge >= 0.3 is 6.09 Å². The van der Waals surface area contributed by atoms with Crippen molar-refractivity contribution in [2.75, 3.05) is 11.9 Å². The zero-order chi connectivity index (χ0) is 12.0. The second kappa shape index (κ2) is 6.39. The molecule has 0 aliphatic carbocycles. The van der Waals surface area contributed by atoms with Gasteiger partial charge < -0.3 is 10.1 Å². The molecule has 1 rings (SSSR count). The molecule has 0 aliphatic rings. The van der Waals surface area contributed by atoms with Crippen LogP contribution in [0.25, 0.3) is 0 Å². The number of aromatic nitrogens is 1. The van der Waals surface area contributed by atoms with Crippen molar-refractivity contribution in [2.45, 2.75) is 6.92 Å². The Morgan fingerprint density at radius 2 is 2.38 bits per heavy atom. The first-order valence-electron chi connectivity index (χ1n) is 4.49. The zero-order valence-electron chi connectivity index (χ0n) is 8.49. The van der Waals surface area contributed by atoms with Crippen molar-refractivity contribution in [3.63, 3.8) is 0 Å². The van der Waals surface area contributed by atoms with E-state index < -0.39 is 6.09 Å². The molecule has 1 aromatic heterocycles. The van der Waals surface area contributed by atoms with Crippen LogP contribution in [0.15, 0.2) is 22.8 Å². The first-order valence-corrected chi connectivity index (χ1v) is 5.69. The number of halogens is 1. The molecule has 0 aromatic carbocycles. The Morgan fingerprint density at radius 1 is 1.62 bits per heavy atom. The molecule has 0 bridgehead atoms. The highest BCUT2D eigenvalue weighted by Crippen LogP contribution is 2.09. The van der Waals surface area contributed by atoms with E-state index in [9.17, 15) is 4.79 Å². The van der Waals surface area contributed by atoms with Gasteiger partial charge in [-0.15, -0.1) is 0 Å². The summed E-state index contributed by atoms with van der Waals surface area (Å²) in [5.41, 5.74) is 0. The number of nitrogens with zero attached hydrogens (tertiary/aromatic N) is 1. The van der Waals surface area contributed by atoms with E-state index in [4.69, 9.17) is 12.2 Å². The highest BCUT2D eigenvalue weighted by atomic mass is 79.9. The normalized spacial score (nSPS) is 9.38. The van der Waals surface area contributed by atoms with E-state index in [0.717, 1.165) is 0 Å². The third kappa shape index (κ3) is 4.54. The number of carbonyl (C=O) groups is 1. The van der Waals surface area contributed by atoms with E-state index in [0.29, 0.717) is 17.0 Å². The lowest BCUT2D eigenvalue weighted by Gasteiger charge is -2.08. The van der Waals surface area contributed by atoms with Crippen molar-refractivity contribution >= 4 is 45.2 Å². The Labute approximate surface area is 107 Å².